The number of rotatable bonds is 6. The van der Waals surface area contributed by atoms with Crippen LogP contribution in [-0.2, 0) is 14.4 Å². The summed E-state index contributed by atoms with van der Waals surface area (Å²) in [6, 6.07) is 2.03. The Kier molecular flexibility index (Phi) is 5.73. The Labute approximate surface area is 126 Å². The van der Waals surface area contributed by atoms with E-state index in [9.17, 15) is 23.9 Å². The number of aliphatic carboxylic acids is 1. The van der Waals surface area contributed by atoms with Gasteiger partial charge in [-0.05, 0) is 26.0 Å². The zero-order valence-corrected chi connectivity index (χ0v) is 12.4. The largest absolute Gasteiger partial charge is 0.477 e. The molecule has 0 spiro atoms. The molecule has 2 amide bonds. The summed E-state index contributed by atoms with van der Waals surface area (Å²) in [7, 11) is 1.31. The van der Waals surface area contributed by atoms with Crippen LogP contribution in [0.1, 0.15) is 13.8 Å². The van der Waals surface area contributed by atoms with Crippen molar-refractivity contribution in [1.82, 2.24) is 9.88 Å². The van der Waals surface area contributed by atoms with Gasteiger partial charge in [0.25, 0.3) is 5.91 Å². The molecular formula is C14H16FN3O4. The lowest BCUT2D eigenvalue weighted by Crippen LogP contribution is -2.34. The first-order valence-electron chi connectivity index (χ1n) is 6.35. The van der Waals surface area contributed by atoms with Crippen molar-refractivity contribution in [3.8, 4) is 0 Å². The van der Waals surface area contributed by atoms with Crippen LogP contribution in [0, 0.1) is 5.82 Å². The topological polar surface area (TPSA) is 90.8 Å². The Morgan fingerprint density at radius 2 is 2.00 bits per heavy atom. The second-order valence-corrected chi connectivity index (χ2v) is 4.69. The van der Waals surface area contributed by atoms with Crippen molar-refractivity contribution in [1.29, 1.82) is 0 Å². The summed E-state index contributed by atoms with van der Waals surface area (Å²) in [5, 5.41) is 9.17. The first kappa shape index (κ1) is 17.3. The number of halogens is 1. The van der Waals surface area contributed by atoms with Gasteiger partial charge in [0, 0.05) is 19.3 Å². The maximum absolute atomic E-state index is 12.8. The first-order valence-corrected chi connectivity index (χ1v) is 6.35. The third-order valence-electron chi connectivity index (χ3n) is 2.82. The highest BCUT2D eigenvalue weighted by Crippen LogP contribution is 2.13. The lowest BCUT2D eigenvalue weighted by atomic mass is 10.2. The molecule has 1 rings (SSSR count). The molecule has 0 aromatic carbocycles. The number of carbonyl (C=O) groups is 3. The molecule has 7 nitrogen and oxygen atoms in total. The van der Waals surface area contributed by atoms with Crippen molar-refractivity contribution in [2.75, 3.05) is 11.9 Å². The van der Waals surface area contributed by atoms with Gasteiger partial charge < -0.3 is 10.0 Å². The quantitative estimate of drug-likeness (QED) is 0.367. The minimum atomic E-state index is -1.48. The Hall–Kier alpha value is -2.77. The lowest BCUT2D eigenvalue weighted by molar-refractivity contribution is -0.134. The second-order valence-electron chi connectivity index (χ2n) is 4.69. The fourth-order valence-corrected chi connectivity index (χ4v) is 1.50. The van der Waals surface area contributed by atoms with Gasteiger partial charge in [-0.2, -0.15) is 0 Å². The van der Waals surface area contributed by atoms with Crippen molar-refractivity contribution in [2.45, 2.75) is 19.9 Å². The number of nitrogens with zero attached hydrogens (tertiary/aromatic N) is 3. The number of anilines is 1. The van der Waals surface area contributed by atoms with Crippen LogP contribution in [0.15, 0.2) is 30.1 Å². The predicted molar refractivity (Wildman–Crippen MR) is 76.4 cm³/mol. The van der Waals surface area contributed by atoms with E-state index in [0.717, 1.165) is 28.3 Å². The van der Waals surface area contributed by atoms with Crippen molar-refractivity contribution in [3.05, 3.63) is 35.9 Å². The van der Waals surface area contributed by atoms with E-state index in [4.69, 9.17) is 0 Å². The molecule has 1 aromatic heterocycles. The Morgan fingerprint density at radius 1 is 1.36 bits per heavy atom. The molecule has 0 aliphatic heterocycles. The molecule has 1 heterocycles. The Morgan fingerprint density at radius 3 is 2.41 bits per heavy atom. The summed E-state index contributed by atoms with van der Waals surface area (Å²) in [6.45, 7) is 3.33. The zero-order chi connectivity index (χ0) is 16.9. The molecule has 0 bridgehead atoms. The molecule has 0 radical (unpaired) electrons. The van der Waals surface area contributed by atoms with Gasteiger partial charge in [-0.15, -0.1) is 0 Å². The molecule has 0 aliphatic rings. The van der Waals surface area contributed by atoms with Crippen LogP contribution in [0.2, 0.25) is 0 Å². The number of amides is 2. The fraction of sp³-hybridized carbons (Fsp3) is 0.286. The van der Waals surface area contributed by atoms with Gasteiger partial charge in [-0.1, -0.05) is 0 Å². The smallest absolute Gasteiger partial charge is 0.342 e. The first-order chi connectivity index (χ1) is 10.3. The van der Waals surface area contributed by atoms with Gasteiger partial charge in [0.15, 0.2) is 0 Å². The van der Waals surface area contributed by atoms with E-state index in [1.165, 1.54) is 13.1 Å². The van der Waals surface area contributed by atoms with Crippen molar-refractivity contribution in [2.24, 2.45) is 0 Å². The molecule has 0 saturated carbocycles. The molecule has 0 aliphatic carbocycles. The summed E-state index contributed by atoms with van der Waals surface area (Å²) in [6.07, 6.45) is 2.30. The molecule has 0 unspecified atom stereocenters. The standard InChI is InChI=1S/C14H16FN3O4/c1-9(2)18(8-19)7-11(14(21)22)13(20)17(3)12-5-4-10(15)6-16-12/h4-9H,1-3H3,(H,21,22)/b11-7+. The van der Waals surface area contributed by atoms with Crippen LogP contribution in [0.4, 0.5) is 10.2 Å². The third-order valence-corrected chi connectivity index (χ3v) is 2.82. The fourth-order valence-electron chi connectivity index (χ4n) is 1.50. The number of carboxylic acids is 1. The molecule has 118 valence electrons. The molecule has 0 atom stereocenters. The minimum absolute atomic E-state index is 0.0840. The number of carbonyl (C=O) groups excluding carboxylic acids is 2. The van der Waals surface area contributed by atoms with Crippen LogP contribution < -0.4 is 4.90 Å². The van der Waals surface area contributed by atoms with Gasteiger partial charge in [0.1, 0.15) is 17.2 Å². The number of hydrogen-bond acceptors (Lipinski definition) is 4. The van der Waals surface area contributed by atoms with Crippen molar-refractivity contribution < 1.29 is 23.9 Å². The molecule has 8 heteroatoms. The number of likely N-dealkylation sites (N-methyl/N-ethyl adjacent to an activating group) is 1. The van der Waals surface area contributed by atoms with Gasteiger partial charge in [0.2, 0.25) is 6.41 Å². The van der Waals surface area contributed by atoms with E-state index in [0.29, 0.717) is 6.41 Å². The Balaban J connectivity index is 3.13. The summed E-state index contributed by atoms with van der Waals surface area (Å²) >= 11 is 0. The highest BCUT2D eigenvalue weighted by molar-refractivity contribution is 6.21. The van der Waals surface area contributed by atoms with E-state index in [1.54, 1.807) is 13.8 Å². The maximum atomic E-state index is 12.8. The summed E-state index contributed by atoms with van der Waals surface area (Å²) in [5.41, 5.74) is -0.602. The molecule has 22 heavy (non-hydrogen) atoms. The minimum Gasteiger partial charge on any atom is -0.477 e. The van der Waals surface area contributed by atoms with Gasteiger partial charge >= 0.3 is 5.97 Å². The van der Waals surface area contributed by atoms with Crippen molar-refractivity contribution in [3.63, 3.8) is 0 Å². The van der Waals surface area contributed by atoms with Crippen LogP contribution in [0.5, 0.6) is 0 Å². The monoisotopic (exact) mass is 309 g/mol. The van der Waals surface area contributed by atoms with E-state index in [2.05, 4.69) is 4.98 Å². The van der Waals surface area contributed by atoms with Crippen LogP contribution in [0.3, 0.4) is 0 Å². The van der Waals surface area contributed by atoms with Crippen LogP contribution >= 0.6 is 0 Å². The third kappa shape index (κ3) is 4.11. The number of carboxylic acid groups (broad SMARTS) is 1. The summed E-state index contributed by atoms with van der Waals surface area (Å²) < 4.78 is 12.8. The van der Waals surface area contributed by atoms with Gasteiger partial charge in [-0.25, -0.2) is 14.2 Å². The molecular weight excluding hydrogens is 293 g/mol. The average molecular weight is 309 g/mol. The Bertz CT molecular complexity index is 599. The lowest BCUT2D eigenvalue weighted by Gasteiger charge is -2.20. The number of hydrogen-bond donors (Lipinski definition) is 1. The second kappa shape index (κ2) is 7.30. The molecule has 1 N–H and O–H groups in total. The SMILES string of the molecule is CC(C)N(C=O)/C=C(/C(=O)O)C(=O)N(C)c1ccc(F)cn1. The van der Waals surface area contributed by atoms with E-state index in [-0.39, 0.29) is 11.9 Å². The van der Waals surface area contributed by atoms with E-state index in [1.807, 2.05) is 0 Å². The normalized spacial score (nSPS) is 11.2. The zero-order valence-electron chi connectivity index (χ0n) is 12.4. The van der Waals surface area contributed by atoms with Gasteiger partial charge in [-0.3, -0.25) is 14.5 Å². The molecule has 0 saturated heterocycles. The number of aromatic nitrogens is 1. The number of pyridine rings is 1. The van der Waals surface area contributed by atoms with Crippen LogP contribution in [0.25, 0.3) is 0 Å². The van der Waals surface area contributed by atoms with Crippen molar-refractivity contribution >= 4 is 24.1 Å². The predicted octanol–water partition coefficient (Wildman–Crippen LogP) is 1.02. The summed E-state index contributed by atoms with van der Waals surface area (Å²) in [5.74, 6) is -2.85. The average Bonchev–Trinajstić information content (AvgIpc) is 2.47. The molecule has 1 aromatic rings. The highest BCUT2D eigenvalue weighted by Gasteiger charge is 2.24. The van der Waals surface area contributed by atoms with E-state index >= 15 is 0 Å². The summed E-state index contributed by atoms with van der Waals surface area (Å²) in [4.78, 5) is 40.2. The van der Waals surface area contributed by atoms with Gasteiger partial charge in [0.05, 0.1) is 6.20 Å². The maximum Gasteiger partial charge on any atom is 0.342 e. The van der Waals surface area contributed by atoms with E-state index < -0.39 is 23.3 Å². The van der Waals surface area contributed by atoms with Crippen LogP contribution in [-0.4, -0.2) is 46.4 Å². The highest BCUT2D eigenvalue weighted by atomic mass is 19.1. The molecule has 0 fully saturated rings.